The molecule has 0 radical (unpaired) electrons. The van der Waals surface area contributed by atoms with Crippen LogP contribution in [0.5, 0.6) is 0 Å². The molecule has 0 N–H and O–H groups in total. The first kappa shape index (κ1) is 16.7. The Labute approximate surface area is 140 Å². The molecule has 1 aromatic heterocycles. The van der Waals surface area contributed by atoms with E-state index in [1.165, 1.54) is 11.3 Å². The number of rotatable bonds is 4. The van der Waals surface area contributed by atoms with Crippen molar-refractivity contribution in [3.05, 3.63) is 20.7 Å². The molecule has 0 unspecified atom stereocenters. The third kappa shape index (κ3) is 4.02. The molecule has 7 heteroatoms. The molecular formula is C16H25N3O3S. The van der Waals surface area contributed by atoms with Crippen molar-refractivity contribution in [1.29, 1.82) is 0 Å². The van der Waals surface area contributed by atoms with E-state index in [2.05, 4.69) is 4.90 Å². The predicted molar refractivity (Wildman–Crippen MR) is 89.9 cm³/mol. The molecule has 0 aliphatic carbocycles. The van der Waals surface area contributed by atoms with Crippen molar-refractivity contribution >= 4 is 17.2 Å². The fourth-order valence-electron chi connectivity index (χ4n) is 3.36. The lowest BCUT2D eigenvalue weighted by Gasteiger charge is -2.35. The van der Waals surface area contributed by atoms with Gasteiger partial charge in [-0.05, 0) is 32.9 Å². The van der Waals surface area contributed by atoms with E-state index in [0.29, 0.717) is 19.1 Å². The van der Waals surface area contributed by atoms with Crippen molar-refractivity contribution in [3.8, 4) is 0 Å². The minimum Gasteiger partial charge on any atom is -0.378 e. The molecule has 0 bridgehead atoms. The maximum Gasteiger partial charge on any atom is 0.307 e. The molecule has 1 aromatic rings. The molecule has 128 valence electrons. The zero-order chi connectivity index (χ0) is 16.2. The van der Waals surface area contributed by atoms with E-state index in [1.54, 1.807) is 0 Å². The highest BCUT2D eigenvalue weighted by molar-refractivity contribution is 7.07. The largest absolute Gasteiger partial charge is 0.378 e. The van der Waals surface area contributed by atoms with Crippen LogP contribution >= 0.6 is 11.3 Å². The third-order valence-electron chi connectivity index (χ3n) is 4.88. The molecule has 2 fully saturated rings. The number of carbonyl (C=O) groups is 1. The lowest BCUT2D eigenvalue weighted by atomic mass is 9.95. The van der Waals surface area contributed by atoms with Crippen LogP contribution in [-0.2, 0) is 16.1 Å². The van der Waals surface area contributed by atoms with Gasteiger partial charge in [0.2, 0.25) is 5.91 Å². The maximum atomic E-state index is 12.5. The standard InChI is InChI=1S/C16H25N3O3S/c1-13-12-23-16(21)19(13)7-6-17-4-2-14(3-5-17)15(20)18-8-10-22-11-9-18/h12,14H,2-11H2,1H3. The molecule has 0 spiro atoms. The van der Waals surface area contributed by atoms with Crippen molar-refractivity contribution in [2.45, 2.75) is 26.3 Å². The maximum absolute atomic E-state index is 12.5. The normalized spacial score (nSPS) is 20.8. The highest BCUT2D eigenvalue weighted by Gasteiger charge is 2.29. The molecule has 2 aliphatic heterocycles. The van der Waals surface area contributed by atoms with Gasteiger partial charge in [0.25, 0.3) is 0 Å². The molecule has 23 heavy (non-hydrogen) atoms. The smallest absolute Gasteiger partial charge is 0.307 e. The number of likely N-dealkylation sites (tertiary alicyclic amines) is 1. The molecule has 3 rings (SSSR count). The fraction of sp³-hybridized carbons (Fsp3) is 0.750. The van der Waals surface area contributed by atoms with Crippen LogP contribution in [0.1, 0.15) is 18.5 Å². The van der Waals surface area contributed by atoms with E-state index in [-0.39, 0.29) is 10.8 Å². The highest BCUT2D eigenvalue weighted by Crippen LogP contribution is 2.20. The van der Waals surface area contributed by atoms with E-state index in [9.17, 15) is 9.59 Å². The van der Waals surface area contributed by atoms with E-state index in [1.807, 2.05) is 21.8 Å². The average molecular weight is 339 g/mol. The molecule has 3 heterocycles. The minimum absolute atomic E-state index is 0.125. The van der Waals surface area contributed by atoms with Gasteiger partial charge in [-0.2, -0.15) is 0 Å². The van der Waals surface area contributed by atoms with Gasteiger partial charge in [0.05, 0.1) is 13.2 Å². The summed E-state index contributed by atoms with van der Waals surface area (Å²) in [6.45, 7) is 8.30. The van der Waals surface area contributed by atoms with Crippen molar-refractivity contribution in [3.63, 3.8) is 0 Å². The van der Waals surface area contributed by atoms with E-state index >= 15 is 0 Å². The van der Waals surface area contributed by atoms with E-state index < -0.39 is 0 Å². The van der Waals surface area contributed by atoms with E-state index in [4.69, 9.17) is 4.74 Å². The number of thiazole rings is 1. The molecule has 0 saturated carbocycles. The first-order valence-electron chi connectivity index (χ1n) is 8.39. The Balaban J connectivity index is 1.45. The van der Waals surface area contributed by atoms with Gasteiger partial charge in [-0.1, -0.05) is 11.3 Å². The van der Waals surface area contributed by atoms with Crippen molar-refractivity contribution in [1.82, 2.24) is 14.4 Å². The number of morpholine rings is 1. The Morgan fingerprint density at radius 1 is 1.22 bits per heavy atom. The van der Waals surface area contributed by atoms with Gasteiger partial charge in [0, 0.05) is 43.2 Å². The number of nitrogens with zero attached hydrogens (tertiary/aromatic N) is 3. The van der Waals surface area contributed by atoms with Crippen LogP contribution in [-0.4, -0.2) is 66.2 Å². The number of aromatic nitrogens is 1. The molecule has 2 aliphatic rings. The number of piperidine rings is 1. The summed E-state index contributed by atoms with van der Waals surface area (Å²) < 4.78 is 7.15. The first-order valence-corrected chi connectivity index (χ1v) is 9.27. The number of amides is 1. The molecular weight excluding hydrogens is 314 g/mol. The summed E-state index contributed by atoms with van der Waals surface area (Å²) in [7, 11) is 0. The first-order chi connectivity index (χ1) is 11.1. The average Bonchev–Trinajstić information content (AvgIpc) is 2.92. The van der Waals surface area contributed by atoms with Gasteiger partial charge in [-0.25, -0.2) is 0 Å². The molecule has 6 nitrogen and oxygen atoms in total. The lowest BCUT2D eigenvalue weighted by molar-refractivity contribution is -0.141. The number of carbonyl (C=O) groups excluding carboxylic acids is 1. The molecule has 1 amide bonds. The van der Waals surface area contributed by atoms with Crippen LogP contribution < -0.4 is 4.87 Å². The summed E-state index contributed by atoms with van der Waals surface area (Å²) in [5, 5.41) is 1.91. The monoisotopic (exact) mass is 339 g/mol. The number of aryl methyl sites for hydroxylation is 1. The minimum atomic E-state index is 0.125. The summed E-state index contributed by atoms with van der Waals surface area (Å²) in [6.07, 6.45) is 1.85. The van der Waals surface area contributed by atoms with Crippen LogP contribution in [0.3, 0.4) is 0 Å². The third-order valence-corrected chi connectivity index (χ3v) is 5.76. The van der Waals surface area contributed by atoms with Crippen LogP contribution in [0.4, 0.5) is 0 Å². The van der Waals surface area contributed by atoms with Crippen molar-refractivity contribution in [2.24, 2.45) is 5.92 Å². The topological polar surface area (TPSA) is 54.8 Å². The van der Waals surface area contributed by atoms with Crippen molar-refractivity contribution < 1.29 is 9.53 Å². The van der Waals surface area contributed by atoms with Crippen LogP contribution in [0.2, 0.25) is 0 Å². The zero-order valence-electron chi connectivity index (χ0n) is 13.7. The van der Waals surface area contributed by atoms with E-state index in [0.717, 1.165) is 57.8 Å². The van der Waals surface area contributed by atoms with Gasteiger partial charge >= 0.3 is 4.87 Å². The fourth-order valence-corrected chi connectivity index (χ4v) is 4.12. The van der Waals surface area contributed by atoms with Gasteiger partial charge in [-0.3, -0.25) is 9.59 Å². The number of ether oxygens (including phenoxy) is 1. The summed E-state index contributed by atoms with van der Waals surface area (Å²) in [5.41, 5.74) is 1.04. The molecule has 2 saturated heterocycles. The van der Waals surface area contributed by atoms with Gasteiger partial charge in [0.1, 0.15) is 0 Å². The van der Waals surface area contributed by atoms with Gasteiger partial charge in [-0.15, -0.1) is 0 Å². The molecule has 0 aromatic carbocycles. The lowest BCUT2D eigenvalue weighted by Crippen LogP contribution is -2.47. The van der Waals surface area contributed by atoms with Gasteiger partial charge in [0.15, 0.2) is 0 Å². The quantitative estimate of drug-likeness (QED) is 0.814. The predicted octanol–water partition coefficient (Wildman–Crippen LogP) is 0.789. The SMILES string of the molecule is Cc1csc(=O)n1CCN1CCC(C(=O)N2CCOCC2)CC1. The summed E-state index contributed by atoms with van der Waals surface area (Å²) in [4.78, 5) is 28.7. The second-order valence-corrected chi connectivity index (χ2v) is 7.17. The van der Waals surface area contributed by atoms with Crippen LogP contribution in [0.25, 0.3) is 0 Å². The Hall–Kier alpha value is -1.18. The van der Waals surface area contributed by atoms with Crippen LogP contribution in [0, 0.1) is 12.8 Å². The number of hydrogen-bond donors (Lipinski definition) is 0. The summed E-state index contributed by atoms with van der Waals surface area (Å²) in [5.74, 6) is 0.466. The summed E-state index contributed by atoms with van der Waals surface area (Å²) in [6, 6.07) is 0. The second kappa shape index (κ2) is 7.59. The second-order valence-electron chi connectivity index (χ2n) is 6.35. The Morgan fingerprint density at radius 2 is 1.91 bits per heavy atom. The Bertz CT molecular complexity index is 584. The summed E-state index contributed by atoms with van der Waals surface area (Å²) >= 11 is 1.27. The molecule has 0 atom stereocenters. The Kier molecular flexibility index (Phi) is 5.50. The van der Waals surface area contributed by atoms with Gasteiger partial charge < -0.3 is 19.1 Å². The Morgan fingerprint density at radius 3 is 2.52 bits per heavy atom. The van der Waals surface area contributed by atoms with Crippen molar-refractivity contribution in [2.75, 3.05) is 45.9 Å². The number of hydrogen-bond acceptors (Lipinski definition) is 5. The highest BCUT2D eigenvalue weighted by atomic mass is 32.1. The van der Waals surface area contributed by atoms with Crippen LogP contribution in [0.15, 0.2) is 10.2 Å². The zero-order valence-corrected chi connectivity index (χ0v) is 14.5.